The highest BCUT2D eigenvalue weighted by Gasteiger charge is 2.17. The van der Waals surface area contributed by atoms with Crippen LogP contribution in [0.1, 0.15) is 35.8 Å². The van der Waals surface area contributed by atoms with Crippen molar-refractivity contribution in [1.29, 1.82) is 0 Å². The van der Waals surface area contributed by atoms with Gasteiger partial charge in [0.25, 0.3) is 0 Å². The van der Waals surface area contributed by atoms with Gasteiger partial charge in [-0.1, -0.05) is 13.3 Å². The summed E-state index contributed by atoms with van der Waals surface area (Å²) in [5, 5.41) is 0.434. The number of nitrogens with two attached hydrogens (primary N) is 1. The number of aryl methyl sites for hydroxylation is 1. The summed E-state index contributed by atoms with van der Waals surface area (Å²) < 4.78 is 9.02. The molecular formula is C9H14N2O2S. The second-order valence-corrected chi connectivity index (χ2v) is 3.80. The Morgan fingerprint density at radius 2 is 2.36 bits per heavy atom. The number of aromatic nitrogens is 1. The molecule has 0 amide bonds. The van der Waals surface area contributed by atoms with E-state index in [1.54, 1.807) is 6.92 Å². The van der Waals surface area contributed by atoms with E-state index in [9.17, 15) is 4.79 Å². The van der Waals surface area contributed by atoms with Crippen LogP contribution < -0.4 is 5.73 Å². The molecule has 0 aliphatic carbocycles. The van der Waals surface area contributed by atoms with Crippen molar-refractivity contribution in [2.75, 3.05) is 12.3 Å². The Morgan fingerprint density at radius 1 is 1.64 bits per heavy atom. The fourth-order valence-corrected chi connectivity index (χ4v) is 1.67. The van der Waals surface area contributed by atoms with Crippen LogP contribution >= 0.6 is 11.5 Å². The predicted octanol–water partition coefficient (Wildman–Crippen LogP) is 1.99. The van der Waals surface area contributed by atoms with Gasteiger partial charge >= 0.3 is 5.97 Å². The van der Waals surface area contributed by atoms with Crippen molar-refractivity contribution in [3.05, 3.63) is 11.3 Å². The van der Waals surface area contributed by atoms with Crippen LogP contribution in [0.4, 0.5) is 5.00 Å². The number of anilines is 1. The van der Waals surface area contributed by atoms with Crippen molar-refractivity contribution < 1.29 is 9.53 Å². The van der Waals surface area contributed by atoms with Crippen molar-refractivity contribution in [3.8, 4) is 0 Å². The molecule has 14 heavy (non-hydrogen) atoms. The number of nitrogen functional groups attached to an aromatic ring is 1. The first-order valence-corrected chi connectivity index (χ1v) is 5.33. The van der Waals surface area contributed by atoms with Gasteiger partial charge in [0.1, 0.15) is 10.6 Å². The highest BCUT2D eigenvalue weighted by atomic mass is 32.1. The summed E-state index contributed by atoms with van der Waals surface area (Å²) in [5.41, 5.74) is 6.67. The quantitative estimate of drug-likeness (QED) is 0.615. The average molecular weight is 214 g/mol. The lowest BCUT2D eigenvalue weighted by Crippen LogP contribution is -2.08. The van der Waals surface area contributed by atoms with Gasteiger partial charge in [-0.3, -0.25) is 0 Å². The predicted molar refractivity (Wildman–Crippen MR) is 56.5 cm³/mol. The molecule has 0 spiro atoms. The van der Waals surface area contributed by atoms with E-state index in [-0.39, 0.29) is 5.97 Å². The Morgan fingerprint density at radius 3 is 2.86 bits per heavy atom. The summed E-state index contributed by atoms with van der Waals surface area (Å²) in [4.78, 5) is 11.5. The second-order valence-electron chi connectivity index (χ2n) is 3.00. The Bertz CT molecular complexity index is 303. The van der Waals surface area contributed by atoms with Crippen LogP contribution in [0.3, 0.4) is 0 Å². The molecule has 78 valence electrons. The molecule has 0 fully saturated rings. The van der Waals surface area contributed by atoms with Crippen molar-refractivity contribution in [2.24, 2.45) is 0 Å². The standard InChI is InChI=1S/C9H14N2O2S/c1-3-4-5-13-9(12)7-6(2)11-14-8(7)10/h3-5,10H2,1-2H3. The molecule has 0 aromatic carbocycles. The van der Waals surface area contributed by atoms with Gasteiger partial charge in [-0.15, -0.1) is 0 Å². The van der Waals surface area contributed by atoms with Gasteiger partial charge in [-0.05, 0) is 24.9 Å². The van der Waals surface area contributed by atoms with Crippen LogP contribution in [0.5, 0.6) is 0 Å². The summed E-state index contributed by atoms with van der Waals surface area (Å²) in [5.74, 6) is -0.359. The minimum Gasteiger partial charge on any atom is -0.462 e. The zero-order valence-electron chi connectivity index (χ0n) is 8.37. The number of carbonyl (C=O) groups is 1. The maximum Gasteiger partial charge on any atom is 0.343 e. The lowest BCUT2D eigenvalue weighted by Gasteiger charge is -2.02. The third-order valence-electron chi connectivity index (χ3n) is 1.82. The summed E-state index contributed by atoms with van der Waals surface area (Å²) in [7, 11) is 0. The third-order valence-corrected chi connectivity index (χ3v) is 2.59. The maximum absolute atomic E-state index is 11.5. The molecule has 0 atom stereocenters. The fourth-order valence-electron chi connectivity index (χ4n) is 1.02. The lowest BCUT2D eigenvalue weighted by molar-refractivity contribution is 0.0500. The number of hydrogen-bond acceptors (Lipinski definition) is 5. The Kier molecular flexibility index (Phi) is 3.88. The van der Waals surface area contributed by atoms with Crippen LogP contribution in [0.25, 0.3) is 0 Å². The summed E-state index contributed by atoms with van der Waals surface area (Å²) in [6.07, 6.45) is 1.88. The number of nitrogens with zero attached hydrogens (tertiary/aromatic N) is 1. The highest BCUT2D eigenvalue weighted by molar-refractivity contribution is 7.10. The first kappa shape index (κ1) is 11.0. The first-order valence-electron chi connectivity index (χ1n) is 4.55. The number of esters is 1. The van der Waals surface area contributed by atoms with Crippen molar-refractivity contribution in [2.45, 2.75) is 26.7 Å². The lowest BCUT2D eigenvalue weighted by atomic mass is 10.2. The van der Waals surface area contributed by atoms with Gasteiger partial charge in [-0.2, -0.15) is 4.37 Å². The normalized spacial score (nSPS) is 10.1. The Labute approximate surface area is 87.2 Å². The zero-order chi connectivity index (χ0) is 10.6. The van der Waals surface area contributed by atoms with Gasteiger partial charge in [0.15, 0.2) is 0 Å². The van der Waals surface area contributed by atoms with E-state index in [1.807, 2.05) is 6.92 Å². The van der Waals surface area contributed by atoms with E-state index in [4.69, 9.17) is 10.5 Å². The molecule has 2 N–H and O–H groups in total. The minimum atomic E-state index is -0.359. The zero-order valence-corrected chi connectivity index (χ0v) is 9.19. The minimum absolute atomic E-state index is 0.359. The van der Waals surface area contributed by atoms with E-state index in [1.165, 1.54) is 0 Å². The molecule has 5 heteroatoms. The van der Waals surface area contributed by atoms with Crippen LogP contribution in [0.2, 0.25) is 0 Å². The van der Waals surface area contributed by atoms with Gasteiger partial charge in [0.2, 0.25) is 0 Å². The SMILES string of the molecule is CCCCOC(=O)c1c(C)nsc1N. The van der Waals surface area contributed by atoms with Crippen LogP contribution in [-0.2, 0) is 4.74 Å². The Hall–Kier alpha value is -1.10. The van der Waals surface area contributed by atoms with Crippen LogP contribution in [-0.4, -0.2) is 16.9 Å². The molecule has 0 saturated carbocycles. The molecule has 1 aromatic rings. The molecule has 0 aliphatic heterocycles. The monoisotopic (exact) mass is 214 g/mol. The number of rotatable bonds is 4. The second kappa shape index (κ2) is 4.95. The molecule has 4 nitrogen and oxygen atoms in total. The molecule has 0 unspecified atom stereocenters. The van der Waals surface area contributed by atoms with E-state index in [0.29, 0.717) is 22.9 Å². The summed E-state index contributed by atoms with van der Waals surface area (Å²) >= 11 is 1.13. The topological polar surface area (TPSA) is 65.2 Å². The third kappa shape index (κ3) is 2.45. The first-order chi connectivity index (χ1) is 6.66. The number of hydrogen-bond donors (Lipinski definition) is 1. The number of ether oxygens (including phenoxy) is 1. The fraction of sp³-hybridized carbons (Fsp3) is 0.556. The van der Waals surface area contributed by atoms with Gasteiger partial charge in [0.05, 0.1) is 12.3 Å². The summed E-state index contributed by atoms with van der Waals surface area (Å²) in [6.45, 7) is 4.24. The molecular weight excluding hydrogens is 200 g/mol. The Balaban J connectivity index is 2.60. The molecule has 0 aliphatic rings. The molecule has 1 rings (SSSR count). The van der Waals surface area contributed by atoms with E-state index < -0.39 is 0 Å². The van der Waals surface area contributed by atoms with Crippen LogP contribution in [0.15, 0.2) is 0 Å². The smallest absolute Gasteiger partial charge is 0.343 e. The molecule has 1 aromatic heterocycles. The van der Waals surface area contributed by atoms with Crippen molar-refractivity contribution in [1.82, 2.24) is 4.37 Å². The summed E-state index contributed by atoms with van der Waals surface area (Å²) in [6, 6.07) is 0. The average Bonchev–Trinajstić information content (AvgIpc) is 2.46. The maximum atomic E-state index is 11.5. The van der Waals surface area contributed by atoms with Gasteiger partial charge in [0, 0.05) is 0 Å². The molecule has 0 bridgehead atoms. The molecule has 0 radical (unpaired) electrons. The van der Waals surface area contributed by atoms with Gasteiger partial charge < -0.3 is 10.5 Å². The van der Waals surface area contributed by atoms with Crippen molar-refractivity contribution >= 4 is 22.5 Å². The number of unbranched alkanes of at least 4 members (excludes halogenated alkanes) is 1. The highest BCUT2D eigenvalue weighted by Crippen LogP contribution is 2.21. The molecule has 0 saturated heterocycles. The van der Waals surface area contributed by atoms with E-state index in [2.05, 4.69) is 4.37 Å². The van der Waals surface area contributed by atoms with E-state index >= 15 is 0 Å². The van der Waals surface area contributed by atoms with Crippen molar-refractivity contribution in [3.63, 3.8) is 0 Å². The molecule has 1 heterocycles. The van der Waals surface area contributed by atoms with Crippen LogP contribution in [0, 0.1) is 6.92 Å². The number of carbonyl (C=O) groups excluding carboxylic acids is 1. The van der Waals surface area contributed by atoms with E-state index in [0.717, 1.165) is 24.4 Å². The van der Waals surface area contributed by atoms with Gasteiger partial charge in [-0.25, -0.2) is 4.79 Å². The largest absolute Gasteiger partial charge is 0.462 e.